The summed E-state index contributed by atoms with van der Waals surface area (Å²) >= 11 is 1.81. The fourth-order valence-electron chi connectivity index (χ4n) is 2.08. The number of rotatable bonds is 3. The van der Waals surface area contributed by atoms with Crippen molar-refractivity contribution < 1.29 is 5.11 Å². The fraction of sp³-hybridized carbons (Fsp3) is 0.636. The first-order valence-electron chi connectivity index (χ1n) is 5.80. The van der Waals surface area contributed by atoms with Crippen molar-refractivity contribution in [2.24, 2.45) is 0 Å². The molecule has 1 aliphatic rings. The molecule has 1 fully saturated rings. The zero-order valence-corrected chi connectivity index (χ0v) is 10.5. The first-order chi connectivity index (χ1) is 8.13. The lowest BCUT2D eigenvalue weighted by atomic mass is 10.2. The average molecular weight is 256 g/mol. The summed E-state index contributed by atoms with van der Waals surface area (Å²) in [6.07, 6.45) is 2.62. The van der Waals surface area contributed by atoms with E-state index in [0.717, 1.165) is 18.6 Å². The number of nitrogens with one attached hydrogen (secondary N) is 1. The molecular formula is C11H16N2O3S. The molecule has 94 valence electrons. The molecule has 2 heterocycles. The van der Waals surface area contributed by atoms with Gasteiger partial charge in [-0.1, -0.05) is 6.92 Å². The fourth-order valence-corrected chi connectivity index (χ4v) is 3.34. The van der Waals surface area contributed by atoms with Gasteiger partial charge in [-0.25, -0.2) is 4.79 Å². The molecule has 0 radical (unpaired) electrons. The summed E-state index contributed by atoms with van der Waals surface area (Å²) in [4.78, 5) is 25.4. The van der Waals surface area contributed by atoms with Gasteiger partial charge in [-0.3, -0.25) is 14.3 Å². The molecule has 0 aliphatic carbocycles. The van der Waals surface area contributed by atoms with Gasteiger partial charge < -0.3 is 5.11 Å². The lowest BCUT2D eigenvalue weighted by molar-refractivity contribution is 0.390. The van der Waals surface area contributed by atoms with Crippen molar-refractivity contribution in [1.29, 1.82) is 0 Å². The highest BCUT2D eigenvalue weighted by Gasteiger charge is 2.20. The lowest BCUT2D eigenvalue weighted by Crippen LogP contribution is -2.34. The molecule has 1 atom stereocenters. The summed E-state index contributed by atoms with van der Waals surface area (Å²) in [6.45, 7) is 2.25. The summed E-state index contributed by atoms with van der Waals surface area (Å²) < 4.78 is 1.28. The van der Waals surface area contributed by atoms with Crippen LogP contribution in [0.3, 0.4) is 0 Å². The second-order valence-corrected chi connectivity index (χ2v) is 5.57. The van der Waals surface area contributed by atoms with E-state index in [1.165, 1.54) is 4.57 Å². The molecule has 1 aromatic rings. The minimum Gasteiger partial charge on any atom is -0.494 e. The second-order valence-electron chi connectivity index (χ2n) is 4.16. The molecule has 0 aromatic carbocycles. The van der Waals surface area contributed by atoms with Crippen LogP contribution in [-0.2, 0) is 13.0 Å². The van der Waals surface area contributed by atoms with E-state index in [4.69, 9.17) is 0 Å². The number of aromatic amines is 1. The standard InChI is InChI=1S/C11H16N2O3S/c1-2-8-9(14)12-11(16)13(10(8)15)6-7-4-3-5-17-7/h7,15H,2-6H2,1H3,(H,12,14,16). The molecule has 2 N–H and O–H groups in total. The third-order valence-electron chi connectivity index (χ3n) is 3.03. The van der Waals surface area contributed by atoms with Gasteiger partial charge in [0.05, 0.1) is 5.56 Å². The largest absolute Gasteiger partial charge is 0.494 e. The number of nitrogens with zero attached hydrogens (tertiary/aromatic N) is 1. The highest BCUT2D eigenvalue weighted by Crippen LogP contribution is 2.28. The van der Waals surface area contributed by atoms with Gasteiger partial charge in [-0.05, 0) is 25.0 Å². The highest BCUT2D eigenvalue weighted by atomic mass is 32.2. The van der Waals surface area contributed by atoms with Crippen molar-refractivity contribution in [2.75, 3.05) is 5.75 Å². The van der Waals surface area contributed by atoms with Gasteiger partial charge in [-0.2, -0.15) is 11.8 Å². The minimum atomic E-state index is -0.516. The summed E-state index contributed by atoms with van der Waals surface area (Å²) in [5.74, 6) is 0.929. The van der Waals surface area contributed by atoms with Gasteiger partial charge in [0, 0.05) is 11.8 Å². The van der Waals surface area contributed by atoms with Crippen LogP contribution in [0.15, 0.2) is 9.59 Å². The lowest BCUT2D eigenvalue weighted by Gasteiger charge is -2.13. The van der Waals surface area contributed by atoms with Crippen LogP contribution in [0.25, 0.3) is 0 Å². The third-order valence-corrected chi connectivity index (χ3v) is 4.41. The zero-order valence-electron chi connectivity index (χ0n) is 9.73. The molecule has 0 amide bonds. The van der Waals surface area contributed by atoms with E-state index < -0.39 is 11.2 Å². The quantitative estimate of drug-likeness (QED) is 0.835. The summed E-state index contributed by atoms with van der Waals surface area (Å²) in [6, 6.07) is 0. The SMILES string of the molecule is CCc1c(O)n(CC2CCCS2)c(=O)[nH]c1=O. The van der Waals surface area contributed by atoms with Crippen LogP contribution >= 0.6 is 11.8 Å². The maximum absolute atomic E-state index is 11.7. The molecule has 17 heavy (non-hydrogen) atoms. The Morgan fingerprint density at radius 2 is 2.29 bits per heavy atom. The van der Waals surface area contributed by atoms with Crippen LogP contribution in [0.5, 0.6) is 5.88 Å². The van der Waals surface area contributed by atoms with Gasteiger partial charge in [0.15, 0.2) is 0 Å². The van der Waals surface area contributed by atoms with E-state index in [1.54, 1.807) is 6.92 Å². The zero-order chi connectivity index (χ0) is 12.4. The van der Waals surface area contributed by atoms with E-state index in [1.807, 2.05) is 11.8 Å². The topological polar surface area (TPSA) is 75.1 Å². The van der Waals surface area contributed by atoms with Crippen molar-refractivity contribution >= 4 is 11.8 Å². The molecule has 0 bridgehead atoms. The predicted molar refractivity (Wildman–Crippen MR) is 67.8 cm³/mol. The molecule has 1 aliphatic heterocycles. The highest BCUT2D eigenvalue weighted by molar-refractivity contribution is 8.00. The van der Waals surface area contributed by atoms with Gasteiger partial charge >= 0.3 is 5.69 Å². The van der Waals surface area contributed by atoms with Crippen LogP contribution in [0.1, 0.15) is 25.3 Å². The van der Waals surface area contributed by atoms with E-state index in [0.29, 0.717) is 18.2 Å². The molecular weight excluding hydrogens is 240 g/mol. The van der Waals surface area contributed by atoms with Crippen LogP contribution in [-0.4, -0.2) is 25.7 Å². The Kier molecular flexibility index (Phi) is 3.61. The Balaban J connectivity index is 2.38. The Morgan fingerprint density at radius 3 is 2.88 bits per heavy atom. The minimum absolute atomic E-state index is 0.172. The van der Waals surface area contributed by atoms with Crippen molar-refractivity contribution in [2.45, 2.75) is 38.0 Å². The monoisotopic (exact) mass is 256 g/mol. The number of H-pyrrole nitrogens is 1. The number of hydrogen-bond donors (Lipinski definition) is 2. The third kappa shape index (κ3) is 2.41. The van der Waals surface area contributed by atoms with Crippen LogP contribution in [0.2, 0.25) is 0 Å². The Hall–Kier alpha value is -1.17. The van der Waals surface area contributed by atoms with Crippen LogP contribution < -0.4 is 11.2 Å². The molecule has 0 spiro atoms. The Morgan fingerprint density at radius 1 is 1.53 bits per heavy atom. The average Bonchev–Trinajstić information content (AvgIpc) is 2.77. The number of thioether (sulfide) groups is 1. The number of hydrogen-bond acceptors (Lipinski definition) is 4. The number of aromatic nitrogens is 2. The molecule has 1 aromatic heterocycles. The normalized spacial score (nSPS) is 19.7. The smallest absolute Gasteiger partial charge is 0.331 e. The maximum Gasteiger partial charge on any atom is 0.331 e. The maximum atomic E-state index is 11.7. The van der Waals surface area contributed by atoms with Gasteiger partial charge in [0.1, 0.15) is 0 Å². The Labute approximate surface area is 103 Å². The molecule has 5 nitrogen and oxygen atoms in total. The van der Waals surface area contributed by atoms with Crippen molar-refractivity contribution in [3.63, 3.8) is 0 Å². The van der Waals surface area contributed by atoms with E-state index in [-0.39, 0.29) is 11.4 Å². The first kappa shape index (κ1) is 12.3. The molecule has 2 rings (SSSR count). The molecule has 6 heteroatoms. The first-order valence-corrected chi connectivity index (χ1v) is 6.85. The molecule has 1 unspecified atom stereocenters. The summed E-state index contributed by atoms with van der Waals surface area (Å²) in [5, 5.41) is 10.3. The number of aromatic hydroxyl groups is 1. The van der Waals surface area contributed by atoms with E-state index >= 15 is 0 Å². The van der Waals surface area contributed by atoms with E-state index in [9.17, 15) is 14.7 Å². The second kappa shape index (κ2) is 5.00. The van der Waals surface area contributed by atoms with Crippen molar-refractivity contribution in [3.05, 3.63) is 26.4 Å². The van der Waals surface area contributed by atoms with Crippen molar-refractivity contribution in [3.8, 4) is 5.88 Å². The van der Waals surface area contributed by atoms with E-state index in [2.05, 4.69) is 4.98 Å². The summed E-state index contributed by atoms with van der Waals surface area (Å²) in [7, 11) is 0. The predicted octanol–water partition coefficient (Wildman–Crippen LogP) is 0.700. The van der Waals surface area contributed by atoms with Crippen molar-refractivity contribution in [1.82, 2.24) is 9.55 Å². The summed E-state index contributed by atoms with van der Waals surface area (Å²) in [5.41, 5.74) is -0.713. The Bertz CT molecular complexity index is 514. The van der Waals surface area contributed by atoms with Crippen LogP contribution in [0.4, 0.5) is 0 Å². The van der Waals surface area contributed by atoms with Gasteiger partial charge in [0.2, 0.25) is 5.88 Å². The van der Waals surface area contributed by atoms with Gasteiger partial charge in [0.25, 0.3) is 5.56 Å². The van der Waals surface area contributed by atoms with Crippen LogP contribution in [0, 0.1) is 0 Å². The molecule has 0 saturated carbocycles. The molecule has 1 saturated heterocycles. The van der Waals surface area contributed by atoms with Gasteiger partial charge in [-0.15, -0.1) is 0 Å².